The van der Waals surface area contributed by atoms with E-state index in [2.05, 4.69) is 45.0 Å². The van der Waals surface area contributed by atoms with Gasteiger partial charge in [0, 0.05) is 0 Å². The Labute approximate surface area is 179 Å². The van der Waals surface area contributed by atoms with Gasteiger partial charge < -0.3 is 9.16 Å². The van der Waals surface area contributed by atoms with Crippen molar-refractivity contribution in [3.63, 3.8) is 0 Å². The number of rotatable bonds is 7. The Morgan fingerprint density at radius 2 is 1.47 bits per heavy atom. The summed E-state index contributed by atoms with van der Waals surface area (Å²) in [6.45, 7) is 6.24. The zero-order valence-corrected chi connectivity index (χ0v) is 18.9. The molecule has 0 aliphatic rings. The zero-order valence-electron chi connectivity index (χ0n) is 17.8. The SMILES string of the molecule is COc1cc(C(O[SiH](c2ccccc2)c2ccccc2)C(C)(C)C)cc(C=O)c1F. The highest BCUT2D eigenvalue weighted by Crippen LogP contribution is 2.39. The summed E-state index contributed by atoms with van der Waals surface area (Å²) in [5, 5.41) is 2.31. The maximum atomic E-state index is 14.4. The third kappa shape index (κ3) is 4.86. The van der Waals surface area contributed by atoms with Crippen LogP contribution in [-0.2, 0) is 4.43 Å². The van der Waals surface area contributed by atoms with Crippen molar-refractivity contribution in [1.82, 2.24) is 0 Å². The summed E-state index contributed by atoms with van der Waals surface area (Å²) >= 11 is 0. The van der Waals surface area contributed by atoms with E-state index in [4.69, 9.17) is 9.16 Å². The number of halogens is 1. The van der Waals surface area contributed by atoms with E-state index < -0.39 is 14.9 Å². The predicted octanol–water partition coefficient (Wildman–Crippen LogP) is 4.29. The monoisotopic (exact) mass is 422 g/mol. The molecule has 0 amide bonds. The second-order valence-electron chi connectivity index (χ2n) is 8.33. The highest BCUT2D eigenvalue weighted by molar-refractivity contribution is 6.80. The van der Waals surface area contributed by atoms with Crippen LogP contribution in [-0.4, -0.2) is 22.4 Å². The summed E-state index contributed by atoms with van der Waals surface area (Å²) in [4.78, 5) is 11.5. The van der Waals surface area contributed by atoms with Crippen molar-refractivity contribution in [1.29, 1.82) is 0 Å². The molecule has 0 bridgehead atoms. The number of hydrogen-bond acceptors (Lipinski definition) is 3. The van der Waals surface area contributed by atoms with Crippen LogP contribution >= 0.6 is 0 Å². The standard InChI is InChI=1S/C25H27FO3Si/c1-25(2,3)24(18-15-19(17-27)23(26)22(16-18)28-4)29-30(20-11-7-5-8-12-20)21-13-9-6-10-14-21/h5-17,24,30H,1-4H3. The van der Waals surface area contributed by atoms with Gasteiger partial charge in [-0.15, -0.1) is 0 Å². The molecule has 1 atom stereocenters. The summed E-state index contributed by atoms with van der Waals surface area (Å²) in [6, 6.07) is 23.6. The molecule has 0 spiro atoms. The molecule has 0 radical (unpaired) electrons. The first-order chi connectivity index (χ1) is 14.3. The number of benzene rings is 3. The van der Waals surface area contributed by atoms with Crippen molar-refractivity contribution in [3.05, 3.63) is 89.7 Å². The first-order valence-corrected chi connectivity index (χ1v) is 11.6. The Balaban J connectivity index is 2.11. The van der Waals surface area contributed by atoms with Crippen LogP contribution in [0.3, 0.4) is 0 Å². The Bertz CT molecular complexity index is 945. The fraction of sp³-hybridized carbons (Fsp3) is 0.240. The average molecular weight is 423 g/mol. The van der Waals surface area contributed by atoms with Gasteiger partial charge in [-0.25, -0.2) is 4.39 Å². The van der Waals surface area contributed by atoms with Gasteiger partial charge in [-0.1, -0.05) is 81.4 Å². The van der Waals surface area contributed by atoms with E-state index in [0.29, 0.717) is 6.29 Å². The smallest absolute Gasteiger partial charge is 0.240 e. The average Bonchev–Trinajstić information content (AvgIpc) is 2.75. The van der Waals surface area contributed by atoms with Crippen LogP contribution in [0.15, 0.2) is 72.8 Å². The highest BCUT2D eigenvalue weighted by atomic mass is 28.3. The maximum absolute atomic E-state index is 14.4. The lowest BCUT2D eigenvalue weighted by atomic mass is 9.84. The van der Waals surface area contributed by atoms with Crippen LogP contribution in [0.5, 0.6) is 5.75 Å². The van der Waals surface area contributed by atoms with E-state index in [-0.39, 0.29) is 22.8 Å². The molecule has 0 aromatic heterocycles. The molecule has 1 unspecified atom stereocenters. The summed E-state index contributed by atoms with van der Waals surface area (Å²) in [7, 11) is -0.664. The van der Waals surface area contributed by atoms with Gasteiger partial charge >= 0.3 is 0 Å². The van der Waals surface area contributed by atoms with Gasteiger partial charge in [-0.3, -0.25) is 4.79 Å². The molecule has 3 aromatic rings. The van der Waals surface area contributed by atoms with Crippen LogP contribution in [0.4, 0.5) is 4.39 Å². The van der Waals surface area contributed by atoms with Crippen LogP contribution in [0.25, 0.3) is 0 Å². The number of ether oxygens (including phenoxy) is 1. The second-order valence-corrected chi connectivity index (χ2v) is 10.7. The van der Waals surface area contributed by atoms with E-state index in [1.54, 1.807) is 12.1 Å². The van der Waals surface area contributed by atoms with Crippen molar-refractivity contribution >= 4 is 25.7 Å². The van der Waals surface area contributed by atoms with Crippen LogP contribution in [0, 0.1) is 11.2 Å². The van der Waals surface area contributed by atoms with Crippen molar-refractivity contribution < 1.29 is 18.3 Å². The molecule has 5 heteroatoms. The molecule has 30 heavy (non-hydrogen) atoms. The zero-order chi connectivity index (χ0) is 21.7. The molecule has 0 aliphatic carbocycles. The number of carbonyl (C=O) groups excluding carboxylic acids is 1. The molecule has 156 valence electrons. The van der Waals surface area contributed by atoms with E-state index >= 15 is 0 Å². The topological polar surface area (TPSA) is 35.5 Å². The Kier molecular flexibility index (Phi) is 6.85. The van der Waals surface area contributed by atoms with Crippen LogP contribution in [0.1, 0.15) is 42.8 Å². The maximum Gasteiger partial charge on any atom is 0.240 e. The van der Waals surface area contributed by atoms with Crippen molar-refractivity contribution in [2.45, 2.75) is 26.9 Å². The number of methoxy groups -OCH3 is 1. The van der Waals surface area contributed by atoms with E-state index in [0.717, 1.165) is 15.9 Å². The fourth-order valence-corrected chi connectivity index (χ4v) is 6.23. The second kappa shape index (κ2) is 9.37. The molecule has 0 aliphatic heterocycles. The van der Waals surface area contributed by atoms with Gasteiger partial charge in [0.2, 0.25) is 9.04 Å². The normalized spacial score (nSPS) is 12.6. The first-order valence-electron chi connectivity index (χ1n) is 9.93. The Hall–Kier alpha value is -2.76. The molecule has 3 aromatic carbocycles. The molecule has 3 nitrogen and oxygen atoms in total. The van der Waals surface area contributed by atoms with Gasteiger partial charge in [0.25, 0.3) is 0 Å². The van der Waals surface area contributed by atoms with Crippen molar-refractivity contribution in [2.75, 3.05) is 7.11 Å². The Morgan fingerprint density at radius 3 is 1.90 bits per heavy atom. The highest BCUT2D eigenvalue weighted by Gasteiger charge is 2.33. The third-order valence-electron chi connectivity index (χ3n) is 5.00. The lowest BCUT2D eigenvalue weighted by molar-refractivity contribution is 0.0892. The van der Waals surface area contributed by atoms with E-state index in [1.807, 2.05) is 36.4 Å². The van der Waals surface area contributed by atoms with Crippen molar-refractivity contribution in [2.24, 2.45) is 5.41 Å². The molecule has 0 saturated carbocycles. The molecule has 3 rings (SSSR count). The molecule has 0 heterocycles. The first kappa shape index (κ1) is 21.9. The summed E-state index contributed by atoms with van der Waals surface area (Å²) in [5.41, 5.74) is 0.407. The Morgan fingerprint density at radius 1 is 0.933 bits per heavy atom. The van der Waals surface area contributed by atoms with Gasteiger partial charge in [0.05, 0.1) is 18.8 Å². The molecular formula is C25H27FO3Si. The minimum atomic E-state index is -2.06. The molecule has 0 fully saturated rings. The largest absolute Gasteiger partial charge is 0.494 e. The van der Waals surface area contributed by atoms with Crippen LogP contribution < -0.4 is 15.1 Å². The number of hydrogen-bond donors (Lipinski definition) is 0. The quantitative estimate of drug-likeness (QED) is 0.421. The minimum absolute atomic E-state index is 0.0279. The summed E-state index contributed by atoms with van der Waals surface area (Å²) in [6.07, 6.45) is 0.160. The molecule has 0 saturated heterocycles. The van der Waals surface area contributed by atoms with Gasteiger partial charge in [0.1, 0.15) is 0 Å². The molecule has 0 N–H and O–H groups in total. The van der Waals surface area contributed by atoms with Gasteiger partial charge in [-0.05, 0) is 33.5 Å². The van der Waals surface area contributed by atoms with E-state index in [1.165, 1.54) is 7.11 Å². The number of carbonyl (C=O) groups is 1. The third-order valence-corrected chi connectivity index (χ3v) is 7.53. The lowest BCUT2D eigenvalue weighted by Crippen LogP contribution is -2.47. The minimum Gasteiger partial charge on any atom is -0.494 e. The number of aldehydes is 1. The van der Waals surface area contributed by atoms with Crippen LogP contribution in [0.2, 0.25) is 0 Å². The lowest BCUT2D eigenvalue weighted by Gasteiger charge is -2.35. The van der Waals surface area contributed by atoms with E-state index in [9.17, 15) is 9.18 Å². The van der Waals surface area contributed by atoms with Gasteiger partial charge in [-0.2, -0.15) is 0 Å². The predicted molar refractivity (Wildman–Crippen MR) is 121 cm³/mol. The summed E-state index contributed by atoms with van der Waals surface area (Å²) in [5.74, 6) is -0.603. The fourth-order valence-electron chi connectivity index (χ4n) is 3.55. The van der Waals surface area contributed by atoms with Crippen molar-refractivity contribution in [3.8, 4) is 5.75 Å². The molecular weight excluding hydrogens is 395 g/mol. The summed E-state index contributed by atoms with van der Waals surface area (Å²) < 4.78 is 26.5. The van der Waals surface area contributed by atoms with Gasteiger partial charge in [0.15, 0.2) is 17.9 Å².